The van der Waals surface area contributed by atoms with Crippen molar-refractivity contribution in [3.8, 4) is 5.75 Å². The molecule has 0 unspecified atom stereocenters. The summed E-state index contributed by atoms with van der Waals surface area (Å²) in [6, 6.07) is -0.870. The Bertz CT molecular complexity index is 1750. The molecule has 0 aromatic heterocycles. The van der Waals surface area contributed by atoms with Gasteiger partial charge in [0.25, 0.3) is 0 Å². The van der Waals surface area contributed by atoms with Crippen molar-refractivity contribution >= 4 is 29.6 Å². The first-order valence-corrected chi connectivity index (χ1v) is 22.7. The number of nitrogens with one attached hydrogen (secondary N) is 4. The zero-order chi connectivity index (χ0) is 51.5. The monoisotopic (exact) mass is 1010 g/mol. The summed E-state index contributed by atoms with van der Waals surface area (Å²) in [6.45, 7) is 5.01. The van der Waals surface area contributed by atoms with Gasteiger partial charge in [0, 0.05) is 67.4 Å². The summed E-state index contributed by atoms with van der Waals surface area (Å²) in [5, 5.41) is 17.7. The van der Waals surface area contributed by atoms with Gasteiger partial charge in [0.05, 0.1) is 112 Å². The van der Waals surface area contributed by atoms with Crippen LogP contribution in [0.4, 0.5) is 17.6 Å². The van der Waals surface area contributed by atoms with E-state index in [1.807, 2.05) is 0 Å². The minimum atomic E-state index is -1.81. The Morgan fingerprint density at radius 1 is 0.500 bits per heavy atom. The summed E-state index contributed by atoms with van der Waals surface area (Å²) in [5.74, 6) is -10.8. The molecule has 4 N–H and O–H groups in total. The zero-order valence-electron chi connectivity index (χ0n) is 39.5. The zero-order valence-corrected chi connectivity index (χ0v) is 39.5. The number of unbranched alkanes of at least 4 members (excludes halogenated alkanes) is 1. The molecule has 0 saturated carbocycles. The Morgan fingerprint density at radius 2 is 0.929 bits per heavy atom. The van der Waals surface area contributed by atoms with E-state index in [1.165, 1.54) is 0 Å². The average Bonchev–Trinajstić information content (AvgIpc) is 3.34. The van der Waals surface area contributed by atoms with Crippen molar-refractivity contribution in [1.82, 2.24) is 21.3 Å². The number of carbonyl (C=O) groups is 5. The van der Waals surface area contributed by atoms with Crippen LogP contribution < -0.4 is 26.0 Å². The molecule has 70 heavy (non-hydrogen) atoms. The van der Waals surface area contributed by atoms with E-state index in [9.17, 15) is 41.5 Å². The topological polar surface area (TPSA) is 314 Å². The summed E-state index contributed by atoms with van der Waals surface area (Å²) in [4.78, 5) is 67.3. The fourth-order valence-electron chi connectivity index (χ4n) is 5.43. The number of halogens is 4. The third-order valence-corrected chi connectivity index (χ3v) is 9.06. The second-order valence-corrected chi connectivity index (χ2v) is 14.5. The Morgan fingerprint density at radius 3 is 1.41 bits per heavy atom. The van der Waals surface area contributed by atoms with Crippen LogP contribution >= 0.6 is 0 Å². The predicted octanol–water partition coefficient (Wildman–Crippen LogP) is 3.16. The van der Waals surface area contributed by atoms with Gasteiger partial charge in [-0.3, -0.25) is 24.0 Å². The molecule has 24 nitrogen and oxygen atoms in total. The highest BCUT2D eigenvalue weighted by Crippen LogP contribution is 2.29. The van der Waals surface area contributed by atoms with Gasteiger partial charge in [0.2, 0.25) is 41.0 Å². The lowest BCUT2D eigenvalue weighted by Crippen LogP contribution is -2.47. The van der Waals surface area contributed by atoms with Crippen molar-refractivity contribution in [2.24, 2.45) is 10.2 Å². The summed E-state index contributed by atoms with van der Waals surface area (Å²) in [7, 11) is 0. The van der Waals surface area contributed by atoms with Gasteiger partial charge in [-0.05, 0) is 43.7 Å². The maximum absolute atomic E-state index is 13.9. The molecule has 1 rings (SSSR count). The standard InChI is InChI=1S/C42H66F4N10O14/c1-31-37(43)39(45)41(40(46)38(31)44)70-36(60)9-17-64-23-27-68-29-30-69-28-26-65-18-12-51-42(61)32(5-2-3-10-49-33(57)7-15-62-21-24-66-19-13-52-55-47)54-35(59)6-4-11-50-34(58)8-16-63-22-25-67-20-14-53-56-48/h32H,2-30H2,1H3,(H,49,57)(H,50,58)(H,51,61)(H,54,59)/t32-/m0/s1. The first-order valence-electron chi connectivity index (χ1n) is 22.7. The molecule has 0 aliphatic heterocycles. The Kier molecular flexibility index (Phi) is 38.0. The minimum Gasteiger partial charge on any atom is -0.420 e. The largest absolute Gasteiger partial charge is 0.420 e. The van der Waals surface area contributed by atoms with Gasteiger partial charge in [0.1, 0.15) is 6.04 Å². The fraction of sp³-hybridized carbons (Fsp3) is 0.738. The molecule has 28 heteroatoms. The van der Waals surface area contributed by atoms with Gasteiger partial charge >= 0.3 is 5.97 Å². The van der Waals surface area contributed by atoms with E-state index >= 15 is 0 Å². The van der Waals surface area contributed by atoms with Crippen LogP contribution in [0.25, 0.3) is 20.9 Å². The summed E-state index contributed by atoms with van der Waals surface area (Å²) >= 11 is 0. The maximum Gasteiger partial charge on any atom is 0.313 e. The highest BCUT2D eigenvalue weighted by atomic mass is 19.2. The van der Waals surface area contributed by atoms with Gasteiger partial charge in [-0.25, -0.2) is 8.78 Å². The Labute approximate surface area is 403 Å². The molecular weight excluding hydrogens is 945 g/mol. The van der Waals surface area contributed by atoms with E-state index in [4.69, 9.17) is 49.0 Å². The molecule has 396 valence electrons. The van der Waals surface area contributed by atoms with E-state index in [-0.39, 0.29) is 162 Å². The van der Waals surface area contributed by atoms with Gasteiger partial charge in [-0.1, -0.05) is 10.2 Å². The number of esters is 1. The normalized spacial score (nSPS) is 11.3. The summed E-state index contributed by atoms with van der Waals surface area (Å²) in [6.07, 6.45) is 1.50. The van der Waals surface area contributed by atoms with Crippen LogP contribution in [-0.2, 0) is 61.9 Å². The number of amides is 4. The molecule has 1 atom stereocenters. The number of hydrogen-bond donors (Lipinski definition) is 4. The van der Waals surface area contributed by atoms with E-state index in [0.29, 0.717) is 39.0 Å². The molecule has 0 radical (unpaired) electrons. The van der Waals surface area contributed by atoms with Crippen molar-refractivity contribution in [3.63, 3.8) is 0 Å². The number of ether oxygens (including phenoxy) is 9. The molecule has 0 fully saturated rings. The van der Waals surface area contributed by atoms with Gasteiger partial charge < -0.3 is 63.9 Å². The van der Waals surface area contributed by atoms with Crippen molar-refractivity contribution in [2.45, 2.75) is 64.3 Å². The SMILES string of the molecule is Cc1c(F)c(F)c(OC(=O)CCOCCOCCOCCOCCNC(=O)[C@H](CCCCNC(=O)CCOCCOCCN=[N+]=[N-])NC(=O)CCCNC(=O)CCOCCOCCN=[N+]=[N-])c(F)c1F. The Balaban J connectivity index is 2.31. The fourth-order valence-corrected chi connectivity index (χ4v) is 5.43. The number of hydrogen-bond acceptors (Lipinski definition) is 16. The van der Waals surface area contributed by atoms with Gasteiger partial charge in [0.15, 0.2) is 11.6 Å². The van der Waals surface area contributed by atoms with Crippen LogP contribution in [0, 0.1) is 30.2 Å². The maximum atomic E-state index is 13.9. The molecule has 1 aromatic rings. The molecule has 0 heterocycles. The summed E-state index contributed by atoms with van der Waals surface area (Å²) < 4.78 is 102. The lowest BCUT2D eigenvalue weighted by molar-refractivity contribution is -0.136. The average molecular weight is 1010 g/mol. The third-order valence-electron chi connectivity index (χ3n) is 9.06. The second-order valence-electron chi connectivity index (χ2n) is 14.5. The van der Waals surface area contributed by atoms with Crippen LogP contribution in [0.2, 0.25) is 0 Å². The first kappa shape index (κ1) is 62.6. The predicted molar refractivity (Wildman–Crippen MR) is 239 cm³/mol. The molecular formula is C42H66F4N10O14. The van der Waals surface area contributed by atoms with Crippen LogP contribution in [0.5, 0.6) is 5.75 Å². The number of rotatable bonds is 45. The highest BCUT2D eigenvalue weighted by molar-refractivity contribution is 5.87. The van der Waals surface area contributed by atoms with Crippen molar-refractivity contribution in [2.75, 3.05) is 138 Å². The number of nitrogens with zero attached hydrogens (tertiary/aromatic N) is 6. The van der Waals surface area contributed by atoms with Gasteiger partial charge in [-0.2, -0.15) is 8.78 Å². The van der Waals surface area contributed by atoms with Gasteiger partial charge in [-0.15, -0.1) is 0 Å². The third kappa shape index (κ3) is 32.4. The van der Waals surface area contributed by atoms with E-state index in [0.717, 1.165) is 6.92 Å². The molecule has 0 bridgehead atoms. The molecule has 0 saturated heterocycles. The van der Waals surface area contributed by atoms with Crippen molar-refractivity contribution in [3.05, 3.63) is 49.7 Å². The van der Waals surface area contributed by atoms with Crippen molar-refractivity contribution < 1.29 is 84.2 Å². The van der Waals surface area contributed by atoms with E-state index in [2.05, 4.69) is 46.1 Å². The number of benzene rings is 1. The number of azide groups is 2. The van der Waals surface area contributed by atoms with E-state index in [1.54, 1.807) is 0 Å². The van der Waals surface area contributed by atoms with Crippen LogP contribution in [0.3, 0.4) is 0 Å². The van der Waals surface area contributed by atoms with Crippen molar-refractivity contribution in [1.29, 1.82) is 0 Å². The first-order chi connectivity index (χ1) is 33.9. The van der Waals surface area contributed by atoms with Crippen LogP contribution in [-0.4, -0.2) is 174 Å². The molecule has 0 aliphatic carbocycles. The van der Waals surface area contributed by atoms with Crippen LogP contribution in [0.1, 0.15) is 56.9 Å². The minimum absolute atomic E-state index is 0.0486. The Hall–Kier alpha value is -5.41. The molecule has 0 aliphatic rings. The lowest BCUT2D eigenvalue weighted by atomic mass is 10.1. The second kappa shape index (κ2) is 42.5. The van der Waals surface area contributed by atoms with Crippen LogP contribution in [0.15, 0.2) is 10.2 Å². The number of carbonyl (C=O) groups excluding carboxylic acids is 5. The molecule has 1 aromatic carbocycles. The summed E-state index contributed by atoms with van der Waals surface area (Å²) in [5.41, 5.74) is 15.6. The molecule has 0 spiro atoms. The van der Waals surface area contributed by atoms with E-state index < -0.39 is 58.9 Å². The lowest BCUT2D eigenvalue weighted by Gasteiger charge is -2.19. The molecule has 4 amide bonds. The smallest absolute Gasteiger partial charge is 0.313 e. The highest BCUT2D eigenvalue weighted by Gasteiger charge is 2.26. The quantitative estimate of drug-likeness (QED) is 0.0107.